The Morgan fingerprint density at radius 1 is 1.28 bits per heavy atom. The molecule has 1 aromatic heterocycles. The van der Waals surface area contributed by atoms with Crippen molar-refractivity contribution in [3.63, 3.8) is 0 Å². The number of aromatic amines is 1. The first-order chi connectivity index (χ1) is 8.66. The molecular formula is C13H14BrN3O. The second-order valence-electron chi connectivity index (χ2n) is 4.64. The number of aryl methyl sites for hydroxylation is 1. The van der Waals surface area contributed by atoms with E-state index in [0.717, 1.165) is 28.6 Å². The minimum Gasteiger partial charge on any atom is -0.506 e. The van der Waals surface area contributed by atoms with Crippen LogP contribution in [0.25, 0.3) is 11.3 Å². The number of aromatic nitrogens is 2. The van der Waals surface area contributed by atoms with Gasteiger partial charge in [-0.25, -0.2) is 0 Å². The van der Waals surface area contributed by atoms with Gasteiger partial charge in [-0.05, 0) is 58.8 Å². The maximum absolute atomic E-state index is 10.3. The van der Waals surface area contributed by atoms with Crippen LogP contribution in [0.15, 0.2) is 16.6 Å². The molecule has 0 saturated heterocycles. The van der Waals surface area contributed by atoms with Gasteiger partial charge in [-0.2, -0.15) is 5.10 Å². The maximum atomic E-state index is 10.3. The van der Waals surface area contributed by atoms with E-state index in [0.29, 0.717) is 5.82 Å². The first-order valence-corrected chi connectivity index (χ1v) is 6.80. The number of phenolic OH excluding ortho intramolecular Hbond substituents is 1. The van der Waals surface area contributed by atoms with Crippen molar-refractivity contribution in [3.05, 3.63) is 27.7 Å². The normalized spacial score (nSPS) is 14.5. The van der Waals surface area contributed by atoms with E-state index in [2.05, 4.69) is 26.1 Å². The van der Waals surface area contributed by atoms with Crippen molar-refractivity contribution in [2.75, 3.05) is 5.73 Å². The van der Waals surface area contributed by atoms with Crippen LogP contribution in [-0.2, 0) is 12.8 Å². The highest BCUT2D eigenvalue weighted by Crippen LogP contribution is 2.41. The fourth-order valence-electron chi connectivity index (χ4n) is 2.52. The lowest BCUT2D eigenvalue weighted by Gasteiger charge is -2.19. The molecule has 0 amide bonds. The van der Waals surface area contributed by atoms with Gasteiger partial charge in [-0.15, -0.1) is 0 Å². The number of phenols is 1. The van der Waals surface area contributed by atoms with E-state index in [1.807, 2.05) is 6.07 Å². The van der Waals surface area contributed by atoms with Crippen LogP contribution in [-0.4, -0.2) is 15.3 Å². The number of halogens is 1. The lowest BCUT2D eigenvalue weighted by Crippen LogP contribution is -2.04. The molecule has 0 aliphatic heterocycles. The van der Waals surface area contributed by atoms with Gasteiger partial charge in [0, 0.05) is 11.6 Å². The third-order valence-corrected chi connectivity index (χ3v) is 4.30. The molecule has 94 valence electrons. The van der Waals surface area contributed by atoms with Gasteiger partial charge < -0.3 is 10.8 Å². The monoisotopic (exact) mass is 307 g/mol. The van der Waals surface area contributed by atoms with Gasteiger partial charge in [0.2, 0.25) is 0 Å². The summed E-state index contributed by atoms with van der Waals surface area (Å²) in [5.74, 6) is 0.692. The van der Waals surface area contributed by atoms with E-state index in [4.69, 9.17) is 5.73 Å². The number of hydrogen-bond acceptors (Lipinski definition) is 3. The molecule has 4 nitrogen and oxygen atoms in total. The number of aromatic hydroxyl groups is 1. The molecule has 0 saturated carbocycles. The van der Waals surface area contributed by atoms with Crippen LogP contribution < -0.4 is 5.73 Å². The lowest BCUT2D eigenvalue weighted by molar-refractivity contribution is 0.471. The molecule has 1 aliphatic rings. The zero-order valence-corrected chi connectivity index (χ0v) is 11.4. The fourth-order valence-corrected chi connectivity index (χ4v) is 3.19. The summed E-state index contributed by atoms with van der Waals surface area (Å²) in [6, 6.07) is 3.78. The Morgan fingerprint density at radius 3 is 2.78 bits per heavy atom. The Labute approximate surface area is 113 Å². The molecule has 5 heteroatoms. The second-order valence-corrected chi connectivity index (χ2v) is 5.43. The van der Waals surface area contributed by atoms with Gasteiger partial charge in [0.25, 0.3) is 0 Å². The zero-order chi connectivity index (χ0) is 12.7. The van der Waals surface area contributed by atoms with Gasteiger partial charge in [-0.3, -0.25) is 5.10 Å². The average Bonchev–Trinajstić information content (AvgIpc) is 2.80. The summed E-state index contributed by atoms with van der Waals surface area (Å²) < 4.78 is 0.808. The summed E-state index contributed by atoms with van der Waals surface area (Å²) >= 11 is 3.51. The number of nitrogens with zero attached hydrogens (tertiary/aromatic N) is 1. The standard InChI is InChI=1S/C13H14BrN3O/c14-12-8-4-2-1-3-7(8)5-9(13(12)18)10-6-11(15)17-16-10/h5-6,18H,1-4H2,(H3,15,16,17). The van der Waals surface area contributed by atoms with Crippen molar-refractivity contribution in [2.24, 2.45) is 0 Å². The first kappa shape index (κ1) is 11.6. The van der Waals surface area contributed by atoms with Crippen molar-refractivity contribution in [1.82, 2.24) is 10.2 Å². The molecule has 0 atom stereocenters. The highest BCUT2D eigenvalue weighted by atomic mass is 79.9. The summed E-state index contributed by atoms with van der Waals surface area (Å²) in [5.41, 5.74) is 9.64. The topological polar surface area (TPSA) is 74.9 Å². The SMILES string of the molecule is Nc1cc(-c2cc3c(c(Br)c2O)CCCC3)[nH]n1. The Balaban J connectivity index is 2.18. The first-order valence-electron chi connectivity index (χ1n) is 6.01. The number of H-pyrrole nitrogens is 1. The maximum Gasteiger partial charge on any atom is 0.145 e. The number of rotatable bonds is 1. The number of hydrogen-bond donors (Lipinski definition) is 3. The molecule has 0 spiro atoms. The minimum absolute atomic E-state index is 0.263. The molecule has 1 heterocycles. The van der Waals surface area contributed by atoms with E-state index in [-0.39, 0.29) is 5.75 Å². The molecule has 0 unspecified atom stereocenters. The summed E-state index contributed by atoms with van der Waals surface area (Å²) in [4.78, 5) is 0. The van der Waals surface area contributed by atoms with Crippen LogP contribution >= 0.6 is 15.9 Å². The Bertz CT molecular complexity index is 607. The highest BCUT2D eigenvalue weighted by Gasteiger charge is 2.19. The van der Waals surface area contributed by atoms with Gasteiger partial charge in [0.15, 0.2) is 0 Å². The highest BCUT2D eigenvalue weighted by molar-refractivity contribution is 9.10. The summed E-state index contributed by atoms with van der Waals surface area (Å²) in [6.45, 7) is 0. The fraction of sp³-hybridized carbons (Fsp3) is 0.308. The molecule has 1 aromatic carbocycles. The Kier molecular flexibility index (Phi) is 2.78. The molecule has 0 fully saturated rings. The second kappa shape index (κ2) is 4.31. The third kappa shape index (κ3) is 1.79. The molecule has 4 N–H and O–H groups in total. The van der Waals surface area contributed by atoms with Crippen LogP contribution in [0.4, 0.5) is 5.82 Å². The van der Waals surface area contributed by atoms with Crippen LogP contribution in [0.3, 0.4) is 0 Å². The van der Waals surface area contributed by atoms with Crippen molar-refractivity contribution < 1.29 is 5.11 Å². The molecule has 2 aromatic rings. The summed E-state index contributed by atoms with van der Waals surface area (Å²) in [7, 11) is 0. The van der Waals surface area contributed by atoms with Crippen LogP contribution in [0.2, 0.25) is 0 Å². The van der Waals surface area contributed by atoms with Crippen LogP contribution in [0, 0.1) is 0 Å². The van der Waals surface area contributed by atoms with Crippen molar-refractivity contribution in [1.29, 1.82) is 0 Å². The quantitative estimate of drug-likeness (QED) is 0.758. The van der Waals surface area contributed by atoms with Gasteiger partial charge in [0.1, 0.15) is 11.6 Å². The van der Waals surface area contributed by atoms with Gasteiger partial charge >= 0.3 is 0 Å². The van der Waals surface area contributed by atoms with Gasteiger partial charge in [0.05, 0.1) is 10.2 Å². The van der Waals surface area contributed by atoms with E-state index in [9.17, 15) is 5.11 Å². The number of nitrogens with two attached hydrogens (primary N) is 1. The number of fused-ring (bicyclic) bond motifs is 1. The predicted octanol–water partition coefficient (Wildman–Crippen LogP) is 3.01. The van der Waals surface area contributed by atoms with Crippen LogP contribution in [0.1, 0.15) is 24.0 Å². The third-order valence-electron chi connectivity index (χ3n) is 3.44. The minimum atomic E-state index is 0.263. The summed E-state index contributed by atoms with van der Waals surface area (Å²) in [5, 5.41) is 17.0. The van der Waals surface area contributed by atoms with Crippen molar-refractivity contribution in [3.8, 4) is 17.0 Å². The summed E-state index contributed by atoms with van der Waals surface area (Å²) in [6.07, 6.45) is 4.47. The molecular weight excluding hydrogens is 294 g/mol. The number of benzene rings is 1. The number of nitrogens with one attached hydrogen (secondary N) is 1. The number of anilines is 1. The molecule has 0 radical (unpaired) electrons. The molecule has 0 bridgehead atoms. The van der Waals surface area contributed by atoms with Gasteiger partial charge in [-0.1, -0.05) is 0 Å². The smallest absolute Gasteiger partial charge is 0.145 e. The molecule has 1 aliphatic carbocycles. The largest absolute Gasteiger partial charge is 0.506 e. The van der Waals surface area contributed by atoms with E-state index >= 15 is 0 Å². The Hall–Kier alpha value is -1.49. The zero-order valence-electron chi connectivity index (χ0n) is 9.83. The van der Waals surface area contributed by atoms with E-state index in [1.54, 1.807) is 6.07 Å². The van der Waals surface area contributed by atoms with Crippen LogP contribution in [0.5, 0.6) is 5.75 Å². The Morgan fingerprint density at radius 2 is 2.06 bits per heavy atom. The average molecular weight is 308 g/mol. The molecule has 18 heavy (non-hydrogen) atoms. The van der Waals surface area contributed by atoms with E-state index < -0.39 is 0 Å². The molecule has 3 rings (SSSR count). The van der Waals surface area contributed by atoms with Crippen molar-refractivity contribution >= 4 is 21.7 Å². The van der Waals surface area contributed by atoms with Crippen molar-refractivity contribution in [2.45, 2.75) is 25.7 Å². The van der Waals surface area contributed by atoms with E-state index in [1.165, 1.54) is 24.0 Å². The number of nitrogen functional groups attached to an aromatic ring is 1. The predicted molar refractivity (Wildman–Crippen MR) is 74.4 cm³/mol. The lowest BCUT2D eigenvalue weighted by atomic mass is 9.89.